The molecular formula is C27H38N4O2. The fourth-order valence-electron chi connectivity index (χ4n) is 5.24. The number of benzene rings is 1. The summed E-state index contributed by atoms with van der Waals surface area (Å²) in [4.78, 5) is 22.1. The number of rotatable bonds is 11. The Balaban J connectivity index is 1.25. The van der Waals surface area contributed by atoms with Gasteiger partial charge in [-0.15, -0.1) is 0 Å². The summed E-state index contributed by atoms with van der Waals surface area (Å²) in [6.45, 7) is 5.19. The van der Waals surface area contributed by atoms with Gasteiger partial charge in [-0.25, -0.2) is 4.98 Å². The Morgan fingerprint density at radius 3 is 2.42 bits per heavy atom. The third-order valence-electron chi connectivity index (χ3n) is 7.20. The van der Waals surface area contributed by atoms with Crippen molar-refractivity contribution in [3.05, 3.63) is 54.2 Å². The second-order valence-corrected chi connectivity index (χ2v) is 9.68. The first-order valence-corrected chi connectivity index (χ1v) is 12.6. The van der Waals surface area contributed by atoms with Crippen LogP contribution in [0.15, 0.2) is 48.7 Å². The highest BCUT2D eigenvalue weighted by Crippen LogP contribution is 2.42. The average Bonchev–Trinajstić information content (AvgIpc) is 3.48. The van der Waals surface area contributed by atoms with Gasteiger partial charge in [0.15, 0.2) is 0 Å². The van der Waals surface area contributed by atoms with Crippen LogP contribution in [-0.2, 0) is 0 Å². The summed E-state index contributed by atoms with van der Waals surface area (Å²) < 4.78 is 0. The third kappa shape index (κ3) is 6.26. The van der Waals surface area contributed by atoms with E-state index in [4.69, 9.17) is 5.11 Å². The van der Waals surface area contributed by atoms with Gasteiger partial charge in [0.05, 0.1) is 0 Å². The number of anilines is 2. The number of carbonyl (C=O) groups is 1. The molecule has 0 aliphatic carbocycles. The van der Waals surface area contributed by atoms with Crippen molar-refractivity contribution in [1.29, 1.82) is 0 Å². The van der Waals surface area contributed by atoms with E-state index in [1.807, 2.05) is 12.1 Å². The minimum atomic E-state index is -0.0102. The number of amides is 1. The highest BCUT2D eigenvalue weighted by Gasteiger charge is 2.43. The predicted molar refractivity (Wildman–Crippen MR) is 134 cm³/mol. The molecule has 2 fully saturated rings. The molecule has 2 aliphatic heterocycles. The van der Waals surface area contributed by atoms with Gasteiger partial charge in [0.25, 0.3) is 5.91 Å². The number of carbonyl (C=O) groups excluding carboxylic acids is 1. The number of aromatic nitrogens is 1. The molecular weight excluding hydrogens is 412 g/mol. The molecule has 1 unspecified atom stereocenters. The van der Waals surface area contributed by atoms with Crippen LogP contribution >= 0.6 is 0 Å². The van der Waals surface area contributed by atoms with E-state index in [9.17, 15) is 4.79 Å². The van der Waals surface area contributed by atoms with Crippen molar-refractivity contribution in [2.24, 2.45) is 5.41 Å². The summed E-state index contributed by atoms with van der Waals surface area (Å²) in [6.07, 6.45) is 10.6. The van der Waals surface area contributed by atoms with E-state index in [1.165, 1.54) is 18.5 Å². The Labute approximate surface area is 198 Å². The van der Waals surface area contributed by atoms with Gasteiger partial charge in [0, 0.05) is 62.2 Å². The molecule has 2 N–H and O–H groups in total. The number of hydrogen-bond donors (Lipinski definition) is 2. The largest absolute Gasteiger partial charge is 0.396 e. The maximum Gasteiger partial charge on any atom is 0.251 e. The number of hydrogen-bond acceptors (Lipinski definition) is 5. The van der Waals surface area contributed by atoms with Gasteiger partial charge in [-0.2, -0.15) is 0 Å². The molecule has 0 radical (unpaired) electrons. The second-order valence-electron chi connectivity index (χ2n) is 9.68. The lowest BCUT2D eigenvalue weighted by atomic mass is 9.86. The zero-order valence-corrected chi connectivity index (χ0v) is 19.7. The molecule has 6 heteroatoms. The Bertz CT molecular complexity index is 891. The minimum Gasteiger partial charge on any atom is -0.396 e. The van der Waals surface area contributed by atoms with E-state index in [1.54, 1.807) is 6.20 Å². The summed E-state index contributed by atoms with van der Waals surface area (Å²) in [5.74, 6) is 0.908. The summed E-state index contributed by atoms with van der Waals surface area (Å²) >= 11 is 0. The monoisotopic (exact) mass is 450 g/mol. The van der Waals surface area contributed by atoms with E-state index < -0.39 is 0 Å². The van der Waals surface area contributed by atoms with Crippen molar-refractivity contribution < 1.29 is 9.90 Å². The molecule has 1 atom stereocenters. The van der Waals surface area contributed by atoms with Crippen LogP contribution in [0.2, 0.25) is 0 Å². The van der Waals surface area contributed by atoms with Crippen LogP contribution in [0.4, 0.5) is 11.5 Å². The van der Waals surface area contributed by atoms with Crippen molar-refractivity contribution in [3.8, 4) is 0 Å². The Kier molecular flexibility index (Phi) is 8.21. The minimum absolute atomic E-state index is 0.0102. The first kappa shape index (κ1) is 23.6. The third-order valence-corrected chi connectivity index (χ3v) is 7.20. The Morgan fingerprint density at radius 2 is 1.64 bits per heavy atom. The SMILES string of the molecule is O=C(NCCCCCCCCO)c1ccnc(N2CCC3(CCN(c4ccccc4)C3)C2)c1. The van der Waals surface area contributed by atoms with Gasteiger partial charge in [0.2, 0.25) is 0 Å². The topological polar surface area (TPSA) is 68.7 Å². The summed E-state index contributed by atoms with van der Waals surface area (Å²) in [7, 11) is 0. The van der Waals surface area contributed by atoms with Crippen molar-refractivity contribution in [1.82, 2.24) is 10.3 Å². The van der Waals surface area contributed by atoms with Gasteiger partial charge in [-0.05, 0) is 49.9 Å². The molecule has 2 aliphatic rings. The van der Waals surface area contributed by atoms with Crippen molar-refractivity contribution in [2.75, 3.05) is 49.1 Å². The zero-order chi connectivity index (χ0) is 22.9. The van der Waals surface area contributed by atoms with E-state index in [0.717, 1.165) is 70.5 Å². The molecule has 1 amide bonds. The second kappa shape index (κ2) is 11.5. The molecule has 2 aromatic rings. The van der Waals surface area contributed by atoms with Gasteiger partial charge in [-0.3, -0.25) is 4.79 Å². The number of para-hydroxylation sites is 1. The number of aliphatic hydroxyl groups is 1. The number of nitrogens with zero attached hydrogens (tertiary/aromatic N) is 3. The molecule has 178 valence electrons. The maximum absolute atomic E-state index is 12.6. The standard InChI is InChI=1S/C27H38N4O2/c32-19-9-4-2-1-3-8-15-29-26(33)23-12-16-28-25(20-23)31-18-14-27(22-31)13-17-30(21-27)24-10-6-5-7-11-24/h5-7,10-12,16,20,32H,1-4,8-9,13-15,17-19,21-22H2,(H,29,33). The molecule has 33 heavy (non-hydrogen) atoms. The lowest BCUT2D eigenvalue weighted by Crippen LogP contribution is -2.31. The number of unbranched alkanes of at least 4 members (excludes halogenated alkanes) is 5. The first-order chi connectivity index (χ1) is 16.2. The van der Waals surface area contributed by atoms with Crippen LogP contribution < -0.4 is 15.1 Å². The molecule has 2 saturated heterocycles. The van der Waals surface area contributed by atoms with Crippen LogP contribution in [-0.4, -0.2) is 55.3 Å². The highest BCUT2D eigenvalue weighted by molar-refractivity contribution is 5.94. The van der Waals surface area contributed by atoms with E-state index in [0.29, 0.717) is 17.5 Å². The molecule has 3 heterocycles. The smallest absolute Gasteiger partial charge is 0.251 e. The van der Waals surface area contributed by atoms with Gasteiger partial charge in [0.1, 0.15) is 5.82 Å². The Hall–Kier alpha value is -2.60. The molecule has 1 aromatic heterocycles. The first-order valence-electron chi connectivity index (χ1n) is 12.6. The maximum atomic E-state index is 12.6. The van der Waals surface area contributed by atoms with Crippen molar-refractivity contribution >= 4 is 17.4 Å². The molecule has 0 saturated carbocycles. The normalized spacial score (nSPS) is 20.0. The molecule has 1 spiro atoms. The zero-order valence-electron chi connectivity index (χ0n) is 19.7. The van der Waals surface area contributed by atoms with Crippen LogP contribution in [0, 0.1) is 5.41 Å². The lowest BCUT2D eigenvalue weighted by Gasteiger charge is -2.26. The lowest BCUT2D eigenvalue weighted by molar-refractivity contribution is 0.0953. The summed E-state index contributed by atoms with van der Waals surface area (Å²) in [6, 6.07) is 14.5. The molecule has 4 rings (SSSR count). The van der Waals surface area contributed by atoms with Crippen molar-refractivity contribution in [2.45, 2.75) is 51.4 Å². The predicted octanol–water partition coefficient (Wildman–Crippen LogP) is 4.25. The molecule has 1 aromatic carbocycles. The number of aliphatic hydroxyl groups excluding tert-OH is 1. The summed E-state index contributed by atoms with van der Waals surface area (Å²) in [5.41, 5.74) is 2.32. The van der Waals surface area contributed by atoms with Gasteiger partial charge < -0.3 is 20.2 Å². The van der Waals surface area contributed by atoms with Crippen LogP contribution in [0.5, 0.6) is 0 Å². The number of nitrogens with one attached hydrogen (secondary N) is 1. The fraction of sp³-hybridized carbons (Fsp3) is 0.556. The Morgan fingerprint density at radius 1 is 0.939 bits per heavy atom. The summed E-state index contributed by atoms with van der Waals surface area (Å²) in [5, 5.41) is 11.9. The quantitative estimate of drug-likeness (QED) is 0.501. The van der Waals surface area contributed by atoms with Gasteiger partial charge >= 0.3 is 0 Å². The van der Waals surface area contributed by atoms with E-state index in [2.05, 4.69) is 50.4 Å². The van der Waals surface area contributed by atoms with Crippen LogP contribution in [0.3, 0.4) is 0 Å². The average molecular weight is 451 g/mol. The van der Waals surface area contributed by atoms with E-state index >= 15 is 0 Å². The van der Waals surface area contributed by atoms with Crippen LogP contribution in [0.25, 0.3) is 0 Å². The number of pyridine rings is 1. The van der Waals surface area contributed by atoms with E-state index in [-0.39, 0.29) is 12.5 Å². The van der Waals surface area contributed by atoms with Crippen molar-refractivity contribution in [3.63, 3.8) is 0 Å². The van der Waals surface area contributed by atoms with Crippen LogP contribution in [0.1, 0.15) is 61.7 Å². The molecule has 0 bridgehead atoms. The fourth-order valence-corrected chi connectivity index (χ4v) is 5.24. The van der Waals surface area contributed by atoms with Gasteiger partial charge in [-0.1, -0.05) is 43.9 Å². The highest BCUT2D eigenvalue weighted by atomic mass is 16.2. The molecule has 6 nitrogen and oxygen atoms in total.